The zero-order valence-electron chi connectivity index (χ0n) is 15.0. The molecule has 27 heavy (non-hydrogen) atoms. The molecule has 1 heterocycles. The zero-order valence-corrected chi connectivity index (χ0v) is 15.8. The summed E-state index contributed by atoms with van der Waals surface area (Å²) in [4.78, 5) is 23.7. The van der Waals surface area contributed by atoms with E-state index in [-0.39, 0.29) is 28.5 Å². The van der Waals surface area contributed by atoms with Gasteiger partial charge < -0.3 is 24.3 Å². The van der Waals surface area contributed by atoms with Gasteiger partial charge in [0.1, 0.15) is 0 Å². The SMILES string of the molecule is COc1cc(C(=O)O)cc(NC(=O)c2ccc(S(=O)(=O)N(C)C)o2)c1OC. The Labute approximate surface area is 155 Å². The van der Waals surface area contributed by atoms with E-state index in [0.29, 0.717) is 0 Å². The molecule has 1 amide bonds. The van der Waals surface area contributed by atoms with E-state index in [2.05, 4.69) is 5.32 Å². The van der Waals surface area contributed by atoms with Gasteiger partial charge in [-0.2, -0.15) is 0 Å². The first-order valence-electron chi connectivity index (χ1n) is 7.44. The van der Waals surface area contributed by atoms with Gasteiger partial charge in [-0.15, -0.1) is 0 Å². The molecule has 2 N–H and O–H groups in total. The molecular weight excluding hydrogens is 380 g/mol. The van der Waals surface area contributed by atoms with E-state index in [9.17, 15) is 23.1 Å². The maximum atomic E-state index is 12.4. The highest BCUT2D eigenvalue weighted by atomic mass is 32.2. The van der Waals surface area contributed by atoms with E-state index in [4.69, 9.17) is 13.9 Å². The van der Waals surface area contributed by atoms with Gasteiger partial charge in [0.2, 0.25) is 5.09 Å². The van der Waals surface area contributed by atoms with Crippen LogP contribution in [-0.2, 0) is 10.0 Å². The summed E-state index contributed by atoms with van der Waals surface area (Å²) >= 11 is 0. The molecule has 146 valence electrons. The second-order valence-corrected chi connectivity index (χ2v) is 7.51. The normalized spacial score (nSPS) is 11.3. The van der Waals surface area contributed by atoms with E-state index >= 15 is 0 Å². The molecule has 0 saturated heterocycles. The van der Waals surface area contributed by atoms with Gasteiger partial charge in [-0.3, -0.25) is 4.79 Å². The Balaban J connectivity index is 2.40. The van der Waals surface area contributed by atoms with Crippen molar-refractivity contribution in [1.82, 2.24) is 4.31 Å². The molecule has 0 saturated carbocycles. The highest BCUT2D eigenvalue weighted by molar-refractivity contribution is 7.88. The Bertz CT molecular complexity index is 978. The number of nitrogens with zero attached hydrogens (tertiary/aromatic N) is 1. The summed E-state index contributed by atoms with van der Waals surface area (Å²) in [7, 11) is 1.45. The number of anilines is 1. The summed E-state index contributed by atoms with van der Waals surface area (Å²) in [6, 6.07) is 4.76. The fraction of sp³-hybridized carbons (Fsp3) is 0.250. The quantitative estimate of drug-likeness (QED) is 0.716. The molecule has 11 heteroatoms. The molecule has 0 fully saturated rings. The number of sulfonamides is 1. The number of nitrogens with one attached hydrogen (secondary N) is 1. The Hall–Kier alpha value is -3.05. The van der Waals surface area contributed by atoms with Crippen molar-refractivity contribution in [3.05, 3.63) is 35.6 Å². The first-order valence-corrected chi connectivity index (χ1v) is 8.88. The number of hydrogen-bond donors (Lipinski definition) is 2. The maximum Gasteiger partial charge on any atom is 0.335 e. The number of carbonyl (C=O) groups excluding carboxylic acids is 1. The highest BCUT2D eigenvalue weighted by Crippen LogP contribution is 2.37. The standard InChI is InChI=1S/C16H18N2O8S/c1-18(2)27(22,23)13-6-5-11(26-13)15(19)17-10-7-9(16(20)21)8-12(24-3)14(10)25-4/h5-8H,1-4H3,(H,17,19)(H,20,21). The first-order chi connectivity index (χ1) is 12.6. The minimum absolute atomic E-state index is 0.0210. The number of carbonyl (C=O) groups is 2. The number of hydrogen-bond acceptors (Lipinski definition) is 7. The lowest BCUT2D eigenvalue weighted by molar-refractivity contribution is 0.0696. The molecular formula is C16H18N2O8S. The topological polar surface area (TPSA) is 135 Å². The van der Waals surface area contributed by atoms with Gasteiger partial charge in [0.05, 0.1) is 25.5 Å². The molecule has 0 bridgehead atoms. The Morgan fingerprint density at radius 3 is 2.33 bits per heavy atom. The fourth-order valence-corrected chi connectivity index (χ4v) is 2.92. The third kappa shape index (κ3) is 4.04. The molecule has 0 aliphatic heterocycles. The molecule has 2 aromatic rings. The third-order valence-electron chi connectivity index (χ3n) is 3.51. The molecule has 0 aliphatic carbocycles. The molecule has 10 nitrogen and oxygen atoms in total. The van der Waals surface area contributed by atoms with Gasteiger partial charge in [0.25, 0.3) is 15.9 Å². The molecule has 0 radical (unpaired) electrons. The number of ether oxygens (including phenoxy) is 2. The van der Waals surface area contributed by atoms with Crippen LogP contribution in [0.4, 0.5) is 5.69 Å². The molecule has 0 aliphatic rings. The van der Waals surface area contributed by atoms with Crippen LogP contribution < -0.4 is 14.8 Å². The van der Waals surface area contributed by atoms with Crippen LogP contribution in [-0.4, -0.2) is 58.0 Å². The summed E-state index contributed by atoms with van der Waals surface area (Å²) in [5.74, 6) is -2.11. The predicted molar refractivity (Wildman–Crippen MR) is 94.0 cm³/mol. The summed E-state index contributed by atoms with van der Waals surface area (Å²) in [6.45, 7) is 0. The van der Waals surface area contributed by atoms with Crippen molar-refractivity contribution >= 4 is 27.6 Å². The van der Waals surface area contributed by atoms with Crippen LogP contribution >= 0.6 is 0 Å². The second kappa shape index (κ2) is 7.68. The smallest absolute Gasteiger partial charge is 0.335 e. The van der Waals surface area contributed by atoms with E-state index in [0.717, 1.165) is 10.4 Å². The molecule has 1 aromatic carbocycles. The highest BCUT2D eigenvalue weighted by Gasteiger charge is 2.24. The zero-order chi connectivity index (χ0) is 20.4. The third-order valence-corrected chi connectivity index (χ3v) is 5.20. The number of rotatable bonds is 7. The van der Waals surface area contributed by atoms with Gasteiger partial charge in [0.15, 0.2) is 17.3 Å². The maximum absolute atomic E-state index is 12.4. The van der Waals surface area contributed by atoms with Crippen molar-refractivity contribution in [3.8, 4) is 11.5 Å². The van der Waals surface area contributed by atoms with Crippen LogP contribution in [0.25, 0.3) is 0 Å². The number of amides is 1. The average Bonchev–Trinajstić information content (AvgIpc) is 3.11. The largest absolute Gasteiger partial charge is 0.493 e. The lowest BCUT2D eigenvalue weighted by Gasteiger charge is -2.14. The number of methoxy groups -OCH3 is 2. The minimum atomic E-state index is -3.84. The molecule has 1 aromatic heterocycles. The van der Waals surface area contributed by atoms with Crippen LogP contribution in [0.5, 0.6) is 11.5 Å². The second-order valence-electron chi connectivity index (χ2n) is 5.42. The lowest BCUT2D eigenvalue weighted by Crippen LogP contribution is -2.21. The average molecular weight is 398 g/mol. The van der Waals surface area contributed by atoms with Crippen LogP contribution in [0.2, 0.25) is 0 Å². The van der Waals surface area contributed by atoms with E-state index in [1.807, 2.05) is 0 Å². The predicted octanol–water partition coefficient (Wildman–Crippen LogP) is 1.50. The number of benzene rings is 1. The number of carboxylic acid groups (broad SMARTS) is 1. The fourth-order valence-electron chi connectivity index (χ4n) is 2.13. The van der Waals surface area contributed by atoms with Crippen LogP contribution in [0.1, 0.15) is 20.9 Å². The van der Waals surface area contributed by atoms with Crippen LogP contribution in [0, 0.1) is 0 Å². The van der Waals surface area contributed by atoms with Crippen molar-refractivity contribution in [2.24, 2.45) is 0 Å². The van der Waals surface area contributed by atoms with E-state index in [1.54, 1.807) is 0 Å². The lowest BCUT2D eigenvalue weighted by atomic mass is 10.1. The first kappa shape index (κ1) is 20.3. The summed E-state index contributed by atoms with van der Waals surface area (Å²) in [5, 5.41) is 11.2. The van der Waals surface area contributed by atoms with Gasteiger partial charge in [-0.05, 0) is 24.3 Å². The van der Waals surface area contributed by atoms with Gasteiger partial charge in [-0.1, -0.05) is 0 Å². The van der Waals surface area contributed by atoms with Crippen molar-refractivity contribution in [2.45, 2.75) is 5.09 Å². The Morgan fingerprint density at radius 2 is 1.81 bits per heavy atom. The van der Waals surface area contributed by atoms with Crippen molar-refractivity contribution < 1.29 is 37.0 Å². The van der Waals surface area contributed by atoms with Crippen molar-refractivity contribution in [1.29, 1.82) is 0 Å². The molecule has 0 atom stereocenters. The van der Waals surface area contributed by atoms with E-state index < -0.39 is 27.0 Å². The van der Waals surface area contributed by atoms with Gasteiger partial charge in [-0.25, -0.2) is 17.5 Å². The Kier molecular flexibility index (Phi) is 5.76. The number of aromatic carboxylic acids is 1. The summed E-state index contributed by atoms with van der Waals surface area (Å²) < 4.78 is 40.4. The summed E-state index contributed by atoms with van der Waals surface area (Å²) in [6.07, 6.45) is 0. The number of carboxylic acids is 1. The van der Waals surface area contributed by atoms with Gasteiger partial charge in [0, 0.05) is 14.1 Å². The monoisotopic (exact) mass is 398 g/mol. The van der Waals surface area contributed by atoms with Crippen LogP contribution in [0.3, 0.4) is 0 Å². The van der Waals surface area contributed by atoms with Crippen LogP contribution in [0.15, 0.2) is 33.8 Å². The molecule has 0 unspecified atom stereocenters. The summed E-state index contributed by atoms with van der Waals surface area (Å²) in [5.41, 5.74) is -0.120. The van der Waals surface area contributed by atoms with Gasteiger partial charge >= 0.3 is 5.97 Å². The van der Waals surface area contributed by atoms with Crippen molar-refractivity contribution in [3.63, 3.8) is 0 Å². The van der Waals surface area contributed by atoms with Crippen molar-refractivity contribution in [2.75, 3.05) is 33.6 Å². The number of furan rings is 1. The minimum Gasteiger partial charge on any atom is -0.493 e. The van der Waals surface area contributed by atoms with E-state index in [1.165, 1.54) is 46.5 Å². The molecule has 2 rings (SSSR count). The molecule has 0 spiro atoms. The Morgan fingerprint density at radius 1 is 1.15 bits per heavy atom.